The third kappa shape index (κ3) is 3.07. The summed E-state index contributed by atoms with van der Waals surface area (Å²) in [5, 5.41) is 4.28. The molecule has 1 unspecified atom stereocenters. The molecule has 4 rings (SSSR count). The Kier molecular flexibility index (Phi) is 4.29. The predicted octanol–water partition coefficient (Wildman–Crippen LogP) is 2.43. The highest BCUT2D eigenvalue weighted by molar-refractivity contribution is 9.10. The van der Waals surface area contributed by atoms with E-state index in [0.29, 0.717) is 29.2 Å². The second-order valence-electron chi connectivity index (χ2n) is 6.53. The number of sulfonamides is 1. The molecule has 1 amide bonds. The number of pyridine rings is 1. The molecular weight excluding hydrogens is 406 g/mol. The van der Waals surface area contributed by atoms with E-state index < -0.39 is 16.1 Å². The number of carbonyl (C=O) groups is 1. The first-order valence-electron chi connectivity index (χ1n) is 8.33. The van der Waals surface area contributed by atoms with Gasteiger partial charge in [0.15, 0.2) is 0 Å². The molecule has 2 aliphatic rings. The molecule has 1 aromatic carbocycles. The van der Waals surface area contributed by atoms with E-state index in [1.807, 2.05) is 6.07 Å². The van der Waals surface area contributed by atoms with E-state index in [1.54, 1.807) is 24.5 Å². The summed E-state index contributed by atoms with van der Waals surface area (Å²) in [5.41, 5.74) is 0. The molecule has 1 aromatic heterocycles. The van der Waals surface area contributed by atoms with Crippen LogP contribution in [-0.4, -0.2) is 42.2 Å². The number of aromatic nitrogens is 1. The molecule has 0 spiro atoms. The number of benzene rings is 1. The maximum atomic E-state index is 13.3. The number of rotatable bonds is 4. The number of hydrogen-bond donors (Lipinski definition) is 1. The number of nitrogens with one attached hydrogen (secondary N) is 1. The molecule has 25 heavy (non-hydrogen) atoms. The molecule has 2 aromatic rings. The van der Waals surface area contributed by atoms with Crippen LogP contribution < -0.4 is 5.32 Å². The first-order chi connectivity index (χ1) is 12.0. The smallest absolute Gasteiger partial charge is 0.244 e. The predicted molar refractivity (Wildman–Crippen MR) is 97.5 cm³/mol. The largest absolute Gasteiger partial charge is 0.352 e. The normalized spacial score (nSPS) is 21.6. The number of amides is 1. The number of hydrogen-bond acceptors (Lipinski definition) is 4. The van der Waals surface area contributed by atoms with E-state index in [-0.39, 0.29) is 16.8 Å². The average molecular weight is 424 g/mol. The summed E-state index contributed by atoms with van der Waals surface area (Å²) in [6, 6.07) is 4.72. The highest BCUT2D eigenvalue weighted by atomic mass is 79.9. The first-order valence-corrected chi connectivity index (χ1v) is 10.6. The van der Waals surface area contributed by atoms with Crippen molar-refractivity contribution in [1.82, 2.24) is 14.6 Å². The van der Waals surface area contributed by atoms with Gasteiger partial charge in [-0.2, -0.15) is 4.31 Å². The highest BCUT2D eigenvalue weighted by Gasteiger charge is 2.41. The van der Waals surface area contributed by atoms with Gasteiger partial charge < -0.3 is 5.32 Å². The summed E-state index contributed by atoms with van der Waals surface area (Å²) in [6.07, 6.45) is 6.44. The van der Waals surface area contributed by atoms with Crippen molar-refractivity contribution in [2.24, 2.45) is 0 Å². The number of nitrogens with zero attached hydrogens (tertiary/aromatic N) is 2. The molecule has 1 N–H and O–H groups in total. The van der Waals surface area contributed by atoms with Crippen molar-refractivity contribution >= 4 is 42.6 Å². The third-order valence-electron chi connectivity index (χ3n) is 4.72. The van der Waals surface area contributed by atoms with Crippen LogP contribution in [0.3, 0.4) is 0 Å². The van der Waals surface area contributed by atoms with Gasteiger partial charge >= 0.3 is 0 Å². The van der Waals surface area contributed by atoms with Crippen LogP contribution >= 0.6 is 15.9 Å². The van der Waals surface area contributed by atoms with Gasteiger partial charge in [-0.3, -0.25) is 9.78 Å². The topological polar surface area (TPSA) is 79.4 Å². The van der Waals surface area contributed by atoms with Gasteiger partial charge in [-0.15, -0.1) is 0 Å². The molecule has 2 fully saturated rings. The SMILES string of the molecule is O=C(NC1CC1)C1CCCN1S(=O)(=O)c1cccc2cncc(Br)c12. The van der Waals surface area contributed by atoms with Gasteiger partial charge in [0.2, 0.25) is 15.9 Å². The second kappa shape index (κ2) is 6.34. The van der Waals surface area contributed by atoms with Gasteiger partial charge in [0, 0.05) is 40.2 Å². The van der Waals surface area contributed by atoms with E-state index in [0.717, 1.165) is 18.2 Å². The summed E-state index contributed by atoms with van der Waals surface area (Å²) in [6.45, 7) is 0.365. The van der Waals surface area contributed by atoms with E-state index in [4.69, 9.17) is 0 Å². The molecule has 132 valence electrons. The summed E-state index contributed by atoms with van der Waals surface area (Å²) in [4.78, 5) is 16.8. The molecule has 8 heteroatoms. The van der Waals surface area contributed by atoms with Gasteiger partial charge in [0.1, 0.15) is 6.04 Å². The maximum Gasteiger partial charge on any atom is 0.244 e. The van der Waals surface area contributed by atoms with E-state index in [2.05, 4.69) is 26.2 Å². The quantitative estimate of drug-likeness (QED) is 0.818. The molecule has 6 nitrogen and oxygen atoms in total. The zero-order valence-electron chi connectivity index (χ0n) is 13.5. The molecule has 0 bridgehead atoms. The number of fused-ring (bicyclic) bond motifs is 1. The van der Waals surface area contributed by atoms with Crippen LogP contribution in [0.5, 0.6) is 0 Å². The molecule has 1 aliphatic heterocycles. The van der Waals surface area contributed by atoms with E-state index >= 15 is 0 Å². The van der Waals surface area contributed by atoms with E-state index in [9.17, 15) is 13.2 Å². The highest BCUT2D eigenvalue weighted by Crippen LogP contribution is 2.34. The third-order valence-corrected chi connectivity index (χ3v) is 7.27. The van der Waals surface area contributed by atoms with Crippen molar-refractivity contribution < 1.29 is 13.2 Å². The second-order valence-corrected chi connectivity index (χ2v) is 9.25. The standard InChI is InChI=1S/C17H18BrN3O3S/c18-13-10-19-9-11-3-1-5-15(16(11)13)25(23,24)21-8-2-4-14(21)17(22)20-12-6-7-12/h1,3,5,9-10,12,14H,2,4,6-8H2,(H,20,22). The molecule has 0 radical (unpaired) electrons. The van der Waals surface area contributed by atoms with Crippen LogP contribution in [0.15, 0.2) is 40.0 Å². The minimum absolute atomic E-state index is 0.176. The lowest BCUT2D eigenvalue weighted by molar-refractivity contribution is -0.124. The van der Waals surface area contributed by atoms with E-state index in [1.165, 1.54) is 4.31 Å². The fraction of sp³-hybridized carbons (Fsp3) is 0.412. The zero-order valence-corrected chi connectivity index (χ0v) is 15.9. The number of halogens is 1. The Bertz CT molecular complexity index is 938. The Balaban J connectivity index is 1.75. The van der Waals surface area contributed by atoms with Crippen molar-refractivity contribution in [3.05, 3.63) is 35.1 Å². The van der Waals surface area contributed by atoms with Gasteiger partial charge in [0.05, 0.1) is 4.90 Å². The van der Waals surface area contributed by atoms with Crippen LogP contribution in [0.4, 0.5) is 0 Å². The Morgan fingerprint density at radius 1 is 1.24 bits per heavy atom. The van der Waals surface area contributed by atoms with Crippen LogP contribution in [0, 0.1) is 0 Å². The Hall–Kier alpha value is -1.51. The van der Waals surface area contributed by atoms with Gasteiger partial charge in [-0.05, 0) is 47.7 Å². The molecule has 1 saturated carbocycles. The lowest BCUT2D eigenvalue weighted by atomic mass is 10.2. The van der Waals surface area contributed by atoms with Gasteiger partial charge in [0.25, 0.3) is 0 Å². The minimum atomic E-state index is -3.78. The van der Waals surface area contributed by atoms with Crippen LogP contribution in [0.1, 0.15) is 25.7 Å². The first kappa shape index (κ1) is 16.9. The van der Waals surface area contributed by atoms with Crippen molar-refractivity contribution in [3.63, 3.8) is 0 Å². The van der Waals surface area contributed by atoms with Crippen molar-refractivity contribution in [1.29, 1.82) is 0 Å². The van der Waals surface area contributed by atoms with Crippen molar-refractivity contribution in [3.8, 4) is 0 Å². The monoisotopic (exact) mass is 423 g/mol. The lowest BCUT2D eigenvalue weighted by Crippen LogP contribution is -2.46. The van der Waals surface area contributed by atoms with Crippen LogP contribution in [0.25, 0.3) is 10.8 Å². The molecular formula is C17H18BrN3O3S. The van der Waals surface area contributed by atoms with Crippen LogP contribution in [0.2, 0.25) is 0 Å². The Morgan fingerprint density at radius 2 is 2.04 bits per heavy atom. The molecule has 2 heterocycles. The fourth-order valence-corrected chi connectivity index (χ4v) is 5.90. The molecule has 1 saturated heterocycles. The van der Waals surface area contributed by atoms with Crippen molar-refractivity contribution in [2.75, 3.05) is 6.54 Å². The summed E-state index contributed by atoms with van der Waals surface area (Å²) in [5.74, 6) is -0.176. The zero-order chi connectivity index (χ0) is 17.6. The van der Waals surface area contributed by atoms with Gasteiger partial charge in [-0.1, -0.05) is 12.1 Å². The minimum Gasteiger partial charge on any atom is -0.352 e. The lowest BCUT2D eigenvalue weighted by Gasteiger charge is -2.24. The average Bonchev–Trinajstić information content (AvgIpc) is 3.25. The Labute approximate surface area is 154 Å². The summed E-state index contributed by atoms with van der Waals surface area (Å²) < 4.78 is 28.6. The van der Waals surface area contributed by atoms with Crippen molar-refractivity contribution in [2.45, 2.75) is 42.7 Å². The maximum absolute atomic E-state index is 13.3. The van der Waals surface area contributed by atoms with Crippen LogP contribution in [-0.2, 0) is 14.8 Å². The number of carbonyl (C=O) groups excluding carboxylic acids is 1. The summed E-state index contributed by atoms with van der Waals surface area (Å²) >= 11 is 3.41. The Morgan fingerprint density at radius 3 is 2.80 bits per heavy atom. The van der Waals surface area contributed by atoms with Gasteiger partial charge in [-0.25, -0.2) is 8.42 Å². The molecule has 1 atom stereocenters. The fourth-order valence-electron chi connectivity index (χ4n) is 3.32. The molecule has 1 aliphatic carbocycles. The summed E-state index contributed by atoms with van der Waals surface area (Å²) in [7, 11) is -3.78.